The summed E-state index contributed by atoms with van der Waals surface area (Å²) in [5.41, 5.74) is 1.25. The number of amides is 1. The van der Waals surface area contributed by atoms with Crippen LogP contribution < -0.4 is 5.32 Å². The largest absolute Gasteiger partial charge is 0.507 e. The first-order valence-electron chi connectivity index (χ1n) is 7.03. The Hall–Kier alpha value is -2.69. The fraction of sp³-hybridized carbons (Fsp3) is 0.118. The maximum Gasteiger partial charge on any atom is 0.342 e. The van der Waals surface area contributed by atoms with E-state index >= 15 is 0 Å². The first kappa shape index (κ1) is 18.6. The monoisotopic (exact) mass is 376 g/mol. The Kier molecular flexibility index (Phi) is 6.28. The van der Waals surface area contributed by atoms with Crippen LogP contribution in [0.3, 0.4) is 0 Å². The molecule has 0 saturated heterocycles. The molecule has 0 aromatic heterocycles. The third-order valence-electron chi connectivity index (χ3n) is 3.15. The zero-order valence-electron chi connectivity index (χ0n) is 13.1. The van der Waals surface area contributed by atoms with Crippen LogP contribution >= 0.6 is 23.4 Å². The Morgan fingerprint density at radius 1 is 1.32 bits per heavy atom. The molecule has 6 nitrogen and oxygen atoms in total. The molecule has 0 bridgehead atoms. The van der Waals surface area contributed by atoms with Gasteiger partial charge in [0.15, 0.2) is 6.61 Å². The minimum absolute atomic E-state index is 0.0775. The van der Waals surface area contributed by atoms with Crippen molar-refractivity contribution < 1.29 is 19.4 Å². The van der Waals surface area contributed by atoms with E-state index in [-0.39, 0.29) is 16.3 Å². The molecule has 0 unspecified atom stereocenters. The van der Waals surface area contributed by atoms with Crippen LogP contribution in [0.15, 0.2) is 41.3 Å². The summed E-state index contributed by atoms with van der Waals surface area (Å²) in [6.45, 7) is 1.28. The van der Waals surface area contributed by atoms with Gasteiger partial charge in [-0.25, -0.2) is 4.79 Å². The van der Waals surface area contributed by atoms with E-state index in [9.17, 15) is 14.7 Å². The van der Waals surface area contributed by atoms with Gasteiger partial charge in [0.1, 0.15) is 16.7 Å². The number of carbonyl (C=O) groups excluding carboxylic acids is 2. The summed E-state index contributed by atoms with van der Waals surface area (Å²) < 4.78 is 4.88. The zero-order chi connectivity index (χ0) is 18.4. The first-order valence-corrected chi connectivity index (χ1v) is 8.22. The Bertz CT molecular complexity index is 864. The summed E-state index contributed by atoms with van der Waals surface area (Å²) >= 11 is 6.71. The number of anilines is 1. The molecule has 0 radical (unpaired) electrons. The molecular weight excluding hydrogens is 364 g/mol. The van der Waals surface area contributed by atoms with Crippen molar-refractivity contribution in [1.29, 1.82) is 5.26 Å². The third kappa shape index (κ3) is 5.14. The highest BCUT2D eigenvalue weighted by atomic mass is 35.5. The quantitative estimate of drug-likeness (QED) is 0.468. The average molecular weight is 377 g/mol. The van der Waals surface area contributed by atoms with Gasteiger partial charge in [-0.1, -0.05) is 11.6 Å². The standard InChI is InChI=1S/C17H13ClN2O4S/c1-10-6-12(25-9-19)3-5-14(10)20-16(22)8-24-17(23)13-4-2-11(18)7-15(13)21/h2-7,21H,8H2,1H3,(H,20,22). The van der Waals surface area contributed by atoms with Crippen LogP contribution in [-0.4, -0.2) is 23.6 Å². The molecule has 8 heteroatoms. The minimum Gasteiger partial charge on any atom is -0.507 e. The molecule has 0 fully saturated rings. The van der Waals surface area contributed by atoms with Gasteiger partial charge in [0.25, 0.3) is 5.91 Å². The Labute approximate surface area is 153 Å². The smallest absolute Gasteiger partial charge is 0.342 e. The molecule has 1 amide bonds. The highest BCUT2D eigenvalue weighted by Gasteiger charge is 2.15. The second-order valence-corrected chi connectivity index (χ2v) is 6.25. The van der Waals surface area contributed by atoms with Crippen LogP contribution in [0.5, 0.6) is 5.75 Å². The van der Waals surface area contributed by atoms with Crippen molar-refractivity contribution in [2.45, 2.75) is 11.8 Å². The van der Waals surface area contributed by atoms with Crippen molar-refractivity contribution in [2.75, 3.05) is 11.9 Å². The van der Waals surface area contributed by atoms with Crippen LogP contribution in [0.4, 0.5) is 5.69 Å². The van der Waals surface area contributed by atoms with Gasteiger partial charge in [-0.05, 0) is 60.6 Å². The third-order valence-corrected chi connectivity index (χ3v) is 3.97. The number of phenolic OH excluding ortho intramolecular Hbond substituents is 1. The number of thiocyanates is 1. The normalized spacial score (nSPS) is 9.96. The van der Waals surface area contributed by atoms with Crippen molar-refractivity contribution in [1.82, 2.24) is 0 Å². The molecule has 0 saturated carbocycles. The Morgan fingerprint density at radius 2 is 2.08 bits per heavy atom. The summed E-state index contributed by atoms with van der Waals surface area (Å²) in [5, 5.41) is 23.2. The number of carbonyl (C=O) groups is 2. The van der Waals surface area contributed by atoms with Gasteiger partial charge in [-0.15, -0.1) is 0 Å². The van der Waals surface area contributed by atoms with Crippen LogP contribution in [0.2, 0.25) is 5.02 Å². The van der Waals surface area contributed by atoms with Crippen molar-refractivity contribution in [3.63, 3.8) is 0 Å². The van der Waals surface area contributed by atoms with Gasteiger partial charge in [0, 0.05) is 15.6 Å². The van der Waals surface area contributed by atoms with Crippen molar-refractivity contribution >= 4 is 40.9 Å². The lowest BCUT2D eigenvalue weighted by Crippen LogP contribution is -2.21. The van der Waals surface area contributed by atoms with Crippen molar-refractivity contribution in [3.8, 4) is 11.2 Å². The molecule has 128 valence electrons. The number of esters is 1. The number of aryl methyl sites for hydroxylation is 1. The van der Waals surface area contributed by atoms with E-state index in [0.29, 0.717) is 5.69 Å². The number of nitriles is 1. The van der Waals surface area contributed by atoms with Crippen molar-refractivity contribution in [2.24, 2.45) is 0 Å². The predicted molar refractivity (Wildman–Crippen MR) is 94.7 cm³/mol. The molecule has 2 rings (SSSR count). The average Bonchev–Trinajstić information content (AvgIpc) is 2.55. The van der Waals surface area contributed by atoms with Crippen LogP contribution in [0.1, 0.15) is 15.9 Å². The summed E-state index contributed by atoms with van der Waals surface area (Å²) in [4.78, 5) is 24.6. The lowest BCUT2D eigenvalue weighted by atomic mass is 10.2. The number of benzene rings is 2. The number of halogens is 1. The van der Waals surface area contributed by atoms with E-state index in [2.05, 4.69) is 5.32 Å². The molecule has 2 aromatic rings. The highest BCUT2D eigenvalue weighted by molar-refractivity contribution is 8.03. The maximum atomic E-state index is 11.9. The summed E-state index contributed by atoms with van der Waals surface area (Å²) in [5.74, 6) is -1.67. The van der Waals surface area contributed by atoms with E-state index in [4.69, 9.17) is 21.6 Å². The van der Waals surface area contributed by atoms with E-state index in [1.165, 1.54) is 18.2 Å². The van der Waals surface area contributed by atoms with E-state index in [0.717, 1.165) is 22.2 Å². The summed E-state index contributed by atoms with van der Waals surface area (Å²) in [6, 6.07) is 9.09. The fourth-order valence-electron chi connectivity index (χ4n) is 1.97. The number of phenols is 1. The molecule has 0 aliphatic rings. The topological polar surface area (TPSA) is 99.4 Å². The lowest BCUT2D eigenvalue weighted by Gasteiger charge is -2.10. The van der Waals surface area contributed by atoms with Gasteiger partial charge < -0.3 is 15.2 Å². The molecule has 0 heterocycles. The number of nitrogens with zero attached hydrogens (tertiary/aromatic N) is 1. The minimum atomic E-state index is -0.832. The van der Waals surface area contributed by atoms with E-state index in [1.54, 1.807) is 25.1 Å². The summed E-state index contributed by atoms with van der Waals surface area (Å²) in [7, 11) is 0. The number of hydrogen-bond donors (Lipinski definition) is 2. The molecule has 0 spiro atoms. The van der Waals surface area contributed by atoms with Gasteiger partial charge in [0.05, 0.1) is 0 Å². The first-order chi connectivity index (χ1) is 11.9. The molecule has 2 aromatic carbocycles. The number of thioether (sulfide) groups is 1. The van der Waals surface area contributed by atoms with Crippen LogP contribution in [-0.2, 0) is 9.53 Å². The molecule has 0 aliphatic heterocycles. The molecule has 0 atom stereocenters. The lowest BCUT2D eigenvalue weighted by molar-refractivity contribution is -0.119. The zero-order valence-corrected chi connectivity index (χ0v) is 14.6. The van der Waals surface area contributed by atoms with E-state index in [1.807, 2.05) is 5.40 Å². The second kappa shape index (κ2) is 8.42. The highest BCUT2D eigenvalue weighted by Crippen LogP contribution is 2.24. The molecule has 25 heavy (non-hydrogen) atoms. The SMILES string of the molecule is Cc1cc(SC#N)ccc1NC(=O)COC(=O)c1ccc(Cl)cc1O. The fourth-order valence-corrected chi connectivity index (χ4v) is 2.61. The number of nitrogens with one attached hydrogen (secondary N) is 1. The molecule has 0 aliphatic carbocycles. The van der Waals surface area contributed by atoms with E-state index < -0.39 is 18.5 Å². The van der Waals surface area contributed by atoms with Crippen LogP contribution in [0.25, 0.3) is 0 Å². The summed E-state index contributed by atoms with van der Waals surface area (Å²) in [6.07, 6.45) is 0. The second-order valence-electron chi connectivity index (χ2n) is 4.96. The molecule has 2 N–H and O–H groups in total. The number of hydrogen-bond acceptors (Lipinski definition) is 6. The van der Waals surface area contributed by atoms with Gasteiger partial charge in [0.2, 0.25) is 0 Å². The Morgan fingerprint density at radius 3 is 2.72 bits per heavy atom. The Balaban J connectivity index is 1.94. The van der Waals surface area contributed by atoms with Gasteiger partial charge >= 0.3 is 5.97 Å². The molecular formula is C17H13ClN2O4S. The number of aromatic hydroxyl groups is 1. The maximum absolute atomic E-state index is 11.9. The van der Waals surface area contributed by atoms with Crippen LogP contribution in [0, 0.1) is 17.6 Å². The van der Waals surface area contributed by atoms with Gasteiger partial charge in [-0.2, -0.15) is 5.26 Å². The van der Waals surface area contributed by atoms with Gasteiger partial charge in [-0.3, -0.25) is 4.79 Å². The number of ether oxygens (including phenoxy) is 1. The van der Waals surface area contributed by atoms with Crippen molar-refractivity contribution in [3.05, 3.63) is 52.5 Å². The predicted octanol–water partition coefficient (Wildman–Crippen LogP) is 3.72. The number of rotatable bonds is 5.